The Balaban J connectivity index is 1.61. The summed E-state index contributed by atoms with van der Waals surface area (Å²) in [6, 6.07) is 6.86. The van der Waals surface area contributed by atoms with Crippen molar-refractivity contribution in [1.29, 1.82) is 0 Å². The van der Waals surface area contributed by atoms with Crippen LogP contribution in [-0.4, -0.2) is 51.7 Å². The first-order valence-corrected chi connectivity index (χ1v) is 9.50. The number of ether oxygens (including phenoxy) is 1. The molecule has 0 aliphatic carbocycles. The topological polar surface area (TPSA) is 58.6 Å². The third-order valence-electron chi connectivity index (χ3n) is 4.36. The van der Waals surface area contributed by atoms with Gasteiger partial charge in [0.2, 0.25) is 10.0 Å². The van der Waals surface area contributed by atoms with Gasteiger partial charge in [0.05, 0.1) is 4.90 Å². The highest BCUT2D eigenvalue weighted by Gasteiger charge is 2.31. The van der Waals surface area contributed by atoms with Crippen LogP contribution >= 0.6 is 11.6 Å². The molecule has 0 aromatic heterocycles. The van der Waals surface area contributed by atoms with Crippen LogP contribution in [0, 0.1) is 0 Å². The number of likely N-dealkylation sites (tertiary alicyclic amines) is 1. The van der Waals surface area contributed by atoms with Gasteiger partial charge in [-0.25, -0.2) is 13.1 Å². The van der Waals surface area contributed by atoms with Gasteiger partial charge in [-0.2, -0.15) is 0 Å². The lowest BCUT2D eigenvalue weighted by Gasteiger charge is -2.31. The molecule has 1 aromatic rings. The van der Waals surface area contributed by atoms with Crippen LogP contribution < -0.4 is 4.72 Å². The van der Waals surface area contributed by atoms with Crippen molar-refractivity contribution in [3.8, 4) is 0 Å². The summed E-state index contributed by atoms with van der Waals surface area (Å²) in [4.78, 5) is 2.61. The zero-order chi connectivity index (χ0) is 15.6. The number of sulfonamides is 1. The van der Waals surface area contributed by atoms with Crippen molar-refractivity contribution < 1.29 is 13.2 Å². The predicted octanol–water partition coefficient (Wildman–Crippen LogP) is 1.87. The SMILES string of the molecule is O=S(=O)(NC1CCN(C2CCOCC2)C1)c1cccc(Cl)c1. The van der Waals surface area contributed by atoms with E-state index in [9.17, 15) is 8.42 Å². The van der Waals surface area contributed by atoms with Crippen molar-refractivity contribution in [2.45, 2.75) is 36.2 Å². The molecule has 2 saturated heterocycles. The lowest BCUT2D eigenvalue weighted by molar-refractivity contribution is 0.0418. The van der Waals surface area contributed by atoms with E-state index in [2.05, 4.69) is 9.62 Å². The second kappa shape index (κ2) is 6.84. The van der Waals surface area contributed by atoms with E-state index >= 15 is 0 Å². The van der Waals surface area contributed by atoms with Crippen molar-refractivity contribution >= 4 is 21.6 Å². The van der Waals surface area contributed by atoms with Gasteiger partial charge in [0, 0.05) is 43.4 Å². The minimum atomic E-state index is -3.51. The number of nitrogens with one attached hydrogen (secondary N) is 1. The highest BCUT2D eigenvalue weighted by Crippen LogP contribution is 2.22. The summed E-state index contributed by atoms with van der Waals surface area (Å²) in [6.45, 7) is 3.32. The maximum Gasteiger partial charge on any atom is 0.240 e. The molecule has 0 radical (unpaired) electrons. The number of halogens is 1. The maximum atomic E-state index is 12.4. The molecule has 2 fully saturated rings. The Bertz CT molecular complexity index is 617. The molecule has 22 heavy (non-hydrogen) atoms. The van der Waals surface area contributed by atoms with E-state index in [4.69, 9.17) is 16.3 Å². The van der Waals surface area contributed by atoms with Crippen LogP contribution in [0.2, 0.25) is 5.02 Å². The first kappa shape index (κ1) is 16.2. The fraction of sp³-hybridized carbons (Fsp3) is 0.600. The van der Waals surface area contributed by atoms with Gasteiger partial charge in [0.15, 0.2) is 0 Å². The Kier molecular flexibility index (Phi) is 5.04. The Labute approximate surface area is 136 Å². The van der Waals surface area contributed by atoms with Crippen LogP contribution in [0.4, 0.5) is 0 Å². The number of hydrogen-bond donors (Lipinski definition) is 1. The molecule has 2 heterocycles. The summed E-state index contributed by atoms with van der Waals surface area (Å²) in [5.41, 5.74) is 0. The van der Waals surface area contributed by atoms with Crippen LogP contribution in [-0.2, 0) is 14.8 Å². The summed E-state index contributed by atoms with van der Waals surface area (Å²) < 4.78 is 33.0. The van der Waals surface area contributed by atoms with Crippen molar-refractivity contribution in [3.63, 3.8) is 0 Å². The van der Waals surface area contributed by atoms with Crippen LogP contribution in [0.5, 0.6) is 0 Å². The van der Waals surface area contributed by atoms with Gasteiger partial charge in [0.1, 0.15) is 0 Å². The molecule has 3 rings (SSSR count). The lowest BCUT2D eigenvalue weighted by Crippen LogP contribution is -2.41. The number of benzene rings is 1. The molecule has 7 heteroatoms. The molecule has 2 aliphatic heterocycles. The first-order valence-electron chi connectivity index (χ1n) is 7.64. The minimum absolute atomic E-state index is 0.0353. The summed E-state index contributed by atoms with van der Waals surface area (Å²) in [6.07, 6.45) is 2.92. The minimum Gasteiger partial charge on any atom is -0.381 e. The highest BCUT2D eigenvalue weighted by atomic mass is 35.5. The molecule has 0 amide bonds. The van der Waals surface area contributed by atoms with E-state index in [1.807, 2.05) is 0 Å². The Hall–Kier alpha value is -0.660. The molecular weight excluding hydrogens is 324 g/mol. The molecule has 1 unspecified atom stereocenters. The van der Waals surface area contributed by atoms with Crippen molar-refractivity contribution in [3.05, 3.63) is 29.3 Å². The molecule has 1 N–H and O–H groups in total. The average molecular weight is 345 g/mol. The fourth-order valence-electron chi connectivity index (χ4n) is 3.19. The Morgan fingerprint density at radius 3 is 2.73 bits per heavy atom. The molecule has 1 aromatic carbocycles. The van der Waals surface area contributed by atoms with Gasteiger partial charge >= 0.3 is 0 Å². The molecule has 2 aliphatic rings. The zero-order valence-electron chi connectivity index (χ0n) is 12.4. The fourth-order valence-corrected chi connectivity index (χ4v) is 4.75. The van der Waals surface area contributed by atoms with Crippen LogP contribution in [0.15, 0.2) is 29.2 Å². The van der Waals surface area contributed by atoms with Crippen molar-refractivity contribution in [1.82, 2.24) is 9.62 Å². The molecule has 122 valence electrons. The second-order valence-electron chi connectivity index (χ2n) is 5.90. The monoisotopic (exact) mass is 344 g/mol. The van der Waals surface area contributed by atoms with Crippen LogP contribution in [0.3, 0.4) is 0 Å². The standard InChI is InChI=1S/C15H21ClN2O3S/c16-12-2-1-3-15(10-12)22(19,20)17-13-4-7-18(11-13)14-5-8-21-9-6-14/h1-3,10,13-14,17H,4-9,11H2. The van der Waals surface area contributed by atoms with Gasteiger partial charge in [-0.1, -0.05) is 17.7 Å². The van der Waals surface area contributed by atoms with Crippen LogP contribution in [0.25, 0.3) is 0 Å². The van der Waals surface area contributed by atoms with E-state index in [1.54, 1.807) is 18.2 Å². The summed E-state index contributed by atoms with van der Waals surface area (Å²) in [5, 5.41) is 0.429. The lowest BCUT2D eigenvalue weighted by atomic mass is 10.1. The molecule has 0 spiro atoms. The van der Waals surface area contributed by atoms with E-state index in [0.717, 1.165) is 45.6 Å². The quantitative estimate of drug-likeness (QED) is 0.906. The zero-order valence-corrected chi connectivity index (χ0v) is 13.9. The van der Waals surface area contributed by atoms with Gasteiger partial charge in [-0.3, -0.25) is 4.90 Å². The van der Waals surface area contributed by atoms with Crippen molar-refractivity contribution in [2.75, 3.05) is 26.3 Å². The Morgan fingerprint density at radius 1 is 1.23 bits per heavy atom. The summed E-state index contributed by atoms with van der Waals surface area (Å²) >= 11 is 5.88. The van der Waals surface area contributed by atoms with Gasteiger partial charge in [-0.15, -0.1) is 0 Å². The summed E-state index contributed by atoms with van der Waals surface area (Å²) in [7, 11) is -3.51. The molecule has 0 saturated carbocycles. The Morgan fingerprint density at radius 2 is 2.00 bits per heavy atom. The number of hydrogen-bond acceptors (Lipinski definition) is 4. The van der Waals surface area contributed by atoms with Gasteiger partial charge in [0.25, 0.3) is 0 Å². The number of nitrogens with zero attached hydrogens (tertiary/aromatic N) is 1. The third kappa shape index (κ3) is 3.81. The first-order chi connectivity index (χ1) is 10.5. The smallest absolute Gasteiger partial charge is 0.240 e. The predicted molar refractivity (Wildman–Crippen MR) is 85.6 cm³/mol. The van der Waals surface area contributed by atoms with Crippen molar-refractivity contribution in [2.24, 2.45) is 0 Å². The largest absolute Gasteiger partial charge is 0.381 e. The molecule has 1 atom stereocenters. The number of rotatable bonds is 4. The normalized spacial score (nSPS) is 24.7. The third-order valence-corrected chi connectivity index (χ3v) is 6.11. The van der Waals surface area contributed by atoms with E-state index < -0.39 is 10.0 Å². The highest BCUT2D eigenvalue weighted by molar-refractivity contribution is 7.89. The summed E-state index contributed by atoms with van der Waals surface area (Å²) in [5.74, 6) is 0. The molecule has 0 bridgehead atoms. The van der Waals surface area contributed by atoms with Gasteiger partial charge < -0.3 is 4.74 Å². The van der Waals surface area contributed by atoms with Crippen LogP contribution in [0.1, 0.15) is 19.3 Å². The van der Waals surface area contributed by atoms with Gasteiger partial charge in [-0.05, 0) is 37.5 Å². The molecule has 5 nitrogen and oxygen atoms in total. The second-order valence-corrected chi connectivity index (χ2v) is 8.05. The average Bonchev–Trinajstić information content (AvgIpc) is 2.96. The van der Waals surface area contributed by atoms with E-state index in [-0.39, 0.29) is 10.9 Å². The van der Waals surface area contributed by atoms with E-state index in [1.165, 1.54) is 6.07 Å². The van der Waals surface area contributed by atoms with E-state index in [0.29, 0.717) is 11.1 Å². The molecular formula is C15H21ClN2O3S. The maximum absolute atomic E-state index is 12.4.